The number of hydrogen-bond acceptors (Lipinski definition) is 8. The standard InChI is InChI=1S/C38H46O9/c1-19(2)10-9-14-36(8)18-25(39)27-30(41)28-29(40)24-16-22-17-26-35(6,7)47-37(33(22)42,15-13-21(5)34(43)44)38(24,26)46-32(28)23(31(27)45-36)12-11-20(3)4/h10-11,13,16,22,25-26,39,41H,9,12,14-15,17-18H2,1-8H3,(H,43,44)/b21-13+/t22-,25+,26+,36-,37+,38-/m1/s1. The maximum absolute atomic E-state index is 14.8. The smallest absolute Gasteiger partial charge is 0.330 e. The fourth-order valence-electron chi connectivity index (χ4n) is 8.64. The van der Waals surface area contributed by atoms with Crippen LogP contribution in [0.1, 0.15) is 115 Å². The Morgan fingerprint density at radius 2 is 1.68 bits per heavy atom. The molecule has 0 unspecified atom stereocenters. The number of fused-ring (bicyclic) bond motifs is 2. The topological polar surface area (TPSA) is 140 Å². The molecule has 7 rings (SSSR count). The highest BCUT2D eigenvalue weighted by molar-refractivity contribution is 6.18. The number of carboxylic acids is 1. The minimum atomic E-state index is -1.67. The molecule has 1 saturated carbocycles. The van der Waals surface area contributed by atoms with Gasteiger partial charge in [0, 0.05) is 41.4 Å². The summed E-state index contributed by atoms with van der Waals surface area (Å²) in [6.07, 6.45) is 8.28. The SMILES string of the molecule is CC(C)=CCC[C@]1(C)C[C@H](O)c2c(O)c3c(c(CC=C(C)C)c2O1)O[C@]12C(=C[C@@H]4C[C@H]1C(C)(C)O[C@@]2(C/C=C(\C)C(=O)O)C4=O)C3=O. The molecule has 0 aromatic heterocycles. The summed E-state index contributed by atoms with van der Waals surface area (Å²) in [4.78, 5) is 40.9. The van der Waals surface area contributed by atoms with Crippen LogP contribution in [0.4, 0.5) is 0 Å². The van der Waals surface area contributed by atoms with Gasteiger partial charge in [0.1, 0.15) is 28.4 Å². The van der Waals surface area contributed by atoms with E-state index >= 15 is 0 Å². The van der Waals surface area contributed by atoms with E-state index in [1.54, 1.807) is 6.08 Å². The summed E-state index contributed by atoms with van der Waals surface area (Å²) in [5.41, 5.74) is -1.83. The van der Waals surface area contributed by atoms with E-state index in [0.717, 1.165) is 12.0 Å². The largest absolute Gasteiger partial charge is 0.506 e. The highest BCUT2D eigenvalue weighted by Gasteiger charge is 2.81. The zero-order chi connectivity index (χ0) is 34.4. The van der Waals surface area contributed by atoms with Crippen LogP contribution in [0.25, 0.3) is 0 Å². The number of aliphatic hydroxyl groups excluding tert-OH is 1. The van der Waals surface area contributed by atoms with Gasteiger partial charge in [0.05, 0.1) is 17.3 Å². The lowest BCUT2D eigenvalue weighted by Gasteiger charge is -2.56. The summed E-state index contributed by atoms with van der Waals surface area (Å²) in [5.74, 6) is -2.90. The Morgan fingerprint density at radius 1 is 1.00 bits per heavy atom. The number of Topliss-reactive ketones (excluding diaryl/α,β-unsaturated/α-hetero) is 2. The molecule has 6 aliphatic rings. The van der Waals surface area contributed by atoms with Crippen LogP contribution in [-0.2, 0) is 20.7 Å². The lowest BCUT2D eigenvalue weighted by Crippen LogP contribution is -2.72. The molecule has 1 spiro atoms. The van der Waals surface area contributed by atoms with Gasteiger partial charge < -0.3 is 29.5 Å². The Balaban J connectivity index is 1.60. The van der Waals surface area contributed by atoms with Crippen LogP contribution >= 0.6 is 0 Å². The number of rotatable bonds is 8. The van der Waals surface area contributed by atoms with Gasteiger partial charge in [-0.15, -0.1) is 0 Å². The zero-order valence-corrected chi connectivity index (χ0v) is 28.6. The Bertz CT molecular complexity index is 1720. The molecule has 1 aromatic rings. The molecule has 3 N–H and O–H groups in total. The molecule has 3 aliphatic carbocycles. The van der Waals surface area contributed by atoms with E-state index in [2.05, 4.69) is 6.08 Å². The molecular formula is C38H46O9. The van der Waals surface area contributed by atoms with E-state index in [9.17, 15) is 29.7 Å². The fourth-order valence-corrected chi connectivity index (χ4v) is 8.64. The van der Waals surface area contributed by atoms with Crippen molar-refractivity contribution in [1.82, 2.24) is 0 Å². The number of phenols is 1. The van der Waals surface area contributed by atoms with Crippen molar-refractivity contribution in [3.63, 3.8) is 0 Å². The van der Waals surface area contributed by atoms with Gasteiger partial charge in [-0.3, -0.25) is 9.59 Å². The van der Waals surface area contributed by atoms with Crippen molar-refractivity contribution in [1.29, 1.82) is 0 Å². The van der Waals surface area contributed by atoms with Crippen molar-refractivity contribution in [2.75, 3.05) is 0 Å². The van der Waals surface area contributed by atoms with Crippen molar-refractivity contribution in [2.45, 2.75) is 122 Å². The van der Waals surface area contributed by atoms with Gasteiger partial charge in [0.25, 0.3) is 0 Å². The summed E-state index contributed by atoms with van der Waals surface area (Å²) in [7, 11) is 0. The molecule has 9 heteroatoms. The molecule has 3 aliphatic heterocycles. The quantitative estimate of drug-likeness (QED) is 0.209. The molecule has 6 atom stereocenters. The lowest BCUT2D eigenvalue weighted by molar-refractivity contribution is -0.171. The zero-order valence-electron chi connectivity index (χ0n) is 28.6. The molecule has 4 bridgehead atoms. The molecule has 0 radical (unpaired) electrons. The molecule has 1 saturated heterocycles. The van der Waals surface area contributed by atoms with Gasteiger partial charge in [0.15, 0.2) is 22.8 Å². The van der Waals surface area contributed by atoms with E-state index in [4.69, 9.17) is 14.2 Å². The third-order valence-electron chi connectivity index (χ3n) is 10.9. The van der Waals surface area contributed by atoms with Crippen molar-refractivity contribution >= 4 is 17.5 Å². The highest BCUT2D eigenvalue weighted by Crippen LogP contribution is 2.69. The lowest BCUT2D eigenvalue weighted by atomic mass is 9.51. The van der Waals surface area contributed by atoms with Crippen LogP contribution in [-0.4, -0.2) is 55.3 Å². The maximum Gasteiger partial charge on any atom is 0.330 e. The number of benzene rings is 1. The molecule has 1 aromatic carbocycles. The molecule has 3 heterocycles. The minimum absolute atomic E-state index is 0.0497. The normalized spacial score (nSPS) is 32.7. The number of aliphatic hydroxyl groups is 1. The first-order chi connectivity index (χ1) is 21.9. The van der Waals surface area contributed by atoms with Crippen molar-refractivity contribution in [3.05, 3.63) is 63.3 Å². The van der Waals surface area contributed by atoms with Crippen molar-refractivity contribution in [2.24, 2.45) is 11.8 Å². The van der Waals surface area contributed by atoms with Gasteiger partial charge in [-0.1, -0.05) is 35.5 Å². The number of hydrogen-bond donors (Lipinski definition) is 3. The number of carbonyl (C=O) groups is 3. The van der Waals surface area contributed by atoms with Crippen LogP contribution in [0.3, 0.4) is 0 Å². The van der Waals surface area contributed by atoms with E-state index < -0.39 is 52.1 Å². The first kappa shape index (κ1) is 33.2. The molecule has 0 amide bonds. The number of allylic oxidation sites excluding steroid dienone is 5. The first-order valence-electron chi connectivity index (χ1n) is 16.5. The van der Waals surface area contributed by atoms with Crippen molar-refractivity contribution in [3.8, 4) is 17.2 Å². The average molecular weight is 647 g/mol. The van der Waals surface area contributed by atoms with E-state index in [1.165, 1.54) is 18.6 Å². The van der Waals surface area contributed by atoms with Gasteiger partial charge >= 0.3 is 5.97 Å². The Hall–Kier alpha value is -3.69. The second kappa shape index (κ2) is 10.9. The van der Waals surface area contributed by atoms with Gasteiger partial charge in [-0.25, -0.2) is 4.79 Å². The monoisotopic (exact) mass is 646 g/mol. The van der Waals surface area contributed by atoms with Crippen LogP contribution in [0.5, 0.6) is 17.2 Å². The molecule has 2 fully saturated rings. The van der Waals surface area contributed by atoms with Crippen LogP contribution in [0.15, 0.2) is 46.6 Å². The summed E-state index contributed by atoms with van der Waals surface area (Å²) < 4.78 is 20.6. The first-order valence-corrected chi connectivity index (χ1v) is 16.5. The van der Waals surface area contributed by atoms with E-state index in [-0.39, 0.29) is 64.6 Å². The third kappa shape index (κ3) is 4.75. The minimum Gasteiger partial charge on any atom is -0.506 e. The van der Waals surface area contributed by atoms with Crippen LogP contribution in [0.2, 0.25) is 0 Å². The number of phenolic OH excluding ortho intramolecular Hbond substituents is 1. The predicted octanol–water partition coefficient (Wildman–Crippen LogP) is 6.65. The fraction of sp³-hybridized carbons (Fsp3) is 0.553. The molecule has 47 heavy (non-hydrogen) atoms. The average Bonchev–Trinajstić information content (AvgIpc) is 3.11. The predicted molar refractivity (Wildman–Crippen MR) is 175 cm³/mol. The number of ether oxygens (including phenoxy) is 3. The Labute approximate surface area is 276 Å². The number of ketones is 2. The van der Waals surface area contributed by atoms with Crippen LogP contribution in [0, 0.1) is 11.8 Å². The van der Waals surface area contributed by atoms with Crippen molar-refractivity contribution < 1.29 is 43.9 Å². The number of aromatic hydroxyl groups is 1. The second-order valence-corrected chi connectivity index (χ2v) is 15.3. The molecular weight excluding hydrogens is 600 g/mol. The number of carboxylic acid groups (broad SMARTS) is 1. The highest BCUT2D eigenvalue weighted by atomic mass is 16.6. The van der Waals surface area contributed by atoms with E-state index in [1.807, 2.05) is 54.5 Å². The van der Waals surface area contributed by atoms with E-state index in [0.29, 0.717) is 18.4 Å². The van der Waals surface area contributed by atoms with Gasteiger partial charge in [-0.2, -0.15) is 0 Å². The summed E-state index contributed by atoms with van der Waals surface area (Å²) in [5, 5.41) is 33.0. The molecule has 9 nitrogen and oxygen atoms in total. The number of carbonyl (C=O) groups excluding carboxylic acids is 2. The second-order valence-electron chi connectivity index (χ2n) is 15.3. The Kier molecular flexibility index (Phi) is 7.72. The molecule has 252 valence electrons. The Morgan fingerprint density at radius 3 is 2.32 bits per heavy atom. The summed E-state index contributed by atoms with van der Waals surface area (Å²) in [6, 6.07) is 0. The van der Waals surface area contributed by atoms with Gasteiger partial charge in [-0.05, 0) is 81.1 Å². The number of aliphatic carboxylic acids is 1. The van der Waals surface area contributed by atoms with Gasteiger partial charge in [0.2, 0.25) is 0 Å². The summed E-state index contributed by atoms with van der Waals surface area (Å²) in [6.45, 7) is 15.1. The summed E-state index contributed by atoms with van der Waals surface area (Å²) >= 11 is 0. The van der Waals surface area contributed by atoms with Crippen LogP contribution < -0.4 is 9.47 Å². The maximum atomic E-state index is 14.8. The third-order valence-corrected chi connectivity index (χ3v) is 10.9.